The summed E-state index contributed by atoms with van der Waals surface area (Å²) in [7, 11) is 1.39. The van der Waals surface area contributed by atoms with E-state index in [1.807, 2.05) is 30.3 Å². The van der Waals surface area contributed by atoms with E-state index >= 15 is 0 Å². The second-order valence-corrected chi connectivity index (χ2v) is 9.15. The summed E-state index contributed by atoms with van der Waals surface area (Å²) < 4.78 is 4.81. The summed E-state index contributed by atoms with van der Waals surface area (Å²) in [5.74, 6) is 1.75. The molecule has 2 aliphatic carbocycles. The standard InChI is InChI=1S/C26H21N3O2S/c1-31-26(30)17-12-10-16(11-13-17)23-28-24(27-14-15-6-3-2-4-7-15)21-20-18-8-5-9-19(18)22(20)32-25(21)29-23/h2-4,6-8,10-13,19H,5,9,14H2,1H3,(H,27,28,29). The van der Waals surface area contributed by atoms with Gasteiger partial charge in [-0.2, -0.15) is 0 Å². The number of nitrogens with one attached hydrogen (secondary N) is 1. The molecule has 2 heterocycles. The van der Waals surface area contributed by atoms with Crippen molar-refractivity contribution in [2.45, 2.75) is 25.3 Å². The molecule has 6 heteroatoms. The number of nitrogens with zero attached hydrogens (tertiary/aromatic N) is 2. The number of benzene rings is 2. The number of hydrogen-bond donors (Lipinski definition) is 1. The van der Waals surface area contributed by atoms with E-state index in [0.717, 1.165) is 28.0 Å². The summed E-state index contributed by atoms with van der Waals surface area (Å²) in [4.78, 5) is 24.1. The van der Waals surface area contributed by atoms with Crippen LogP contribution >= 0.6 is 11.3 Å². The summed E-state index contributed by atoms with van der Waals surface area (Å²) in [5.41, 5.74) is 5.40. The molecule has 1 unspecified atom stereocenters. The van der Waals surface area contributed by atoms with Crippen LogP contribution in [0.15, 0.2) is 60.7 Å². The number of carbonyl (C=O) groups excluding carboxylic acids is 1. The number of fused-ring (bicyclic) bond motifs is 6. The molecule has 0 aliphatic heterocycles. The van der Waals surface area contributed by atoms with Gasteiger partial charge in [0.25, 0.3) is 0 Å². The lowest BCUT2D eigenvalue weighted by Crippen LogP contribution is -2.10. The fourth-order valence-corrected chi connectivity index (χ4v) is 5.99. The van der Waals surface area contributed by atoms with Crippen LogP contribution in [0.1, 0.15) is 45.1 Å². The first-order valence-electron chi connectivity index (χ1n) is 10.7. The molecule has 1 N–H and O–H groups in total. The minimum atomic E-state index is -0.351. The van der Waals surface area contributed by atoms with E-state index < -0.39 is 0 Å². The molecule has 0 amide bonds. The average Bonchev–Trinajstić information content (AvgIpc) is 3.40. The van der Waals surface area contributed by atoms with E-state index in [0.29, 0.717) is 23.9 Å². The maximum absolute atomic E-state index is 11.8. The fraction of sp³-hybridized carbons (Fsp3) is 0.192. The van der Waals surface area contributed by atoms with Crippen LogP contribution in [0.4, 0.5) is 5.82 Å². The lowest BCUT2D eigenvalue weighted by atomic mass is 9.80. The Morgan fingerprint density at radius 3 is 2.72 bits per heavy atom. The highest BCUT2D eigenvalue weighted by Crippen LogP contribution is 2.59. The lowest BCUT2D eigenvalue weighted by Gasteiger charge is -2.26. The second kappa shape index (κ2) is 7.57. The van der Waals surface area contributed by atoms with Crippen molar-refractivity contribution in [3.63, 3.8) is 0 Å². The highest BCUT2D eigenvalue weighted by Gasteiger charge is 2.39. The fourth-order valence-electron chi connectivity index (χ4n) is 4.64. The monoisotopic (exact) mass is 439 g/mol. The van der Waals surface area contributed by atoms with Crippen LogP contribution in [0.5, 0.6) is 0 Å². The predicted octanol–water partition coefficient (Wildman–Crippen LogP) is 6.03. The van der Waals surface area contributed by atoms with Crippen LogP contribution in [0, 0.1) is 0 Å². The van der Waals surface area contributed by atoms with Crippen molar-refractivity contribution >= 4 is 38.9 Å². The number of carbonyl (C=O) groups is 1. The first-order valence-corrected chi connectivity index (χ1v) is 11.6. The molecule has 32 heavy (non-hydrogen) atoms. The quantitative estimate of drug-likeness (QED) is 0.385. The number of rotatable bonds is 5. The number of anilines is 1. The molecule has 5 nitrogen and oxygen atoms in total. The van der Waals surface area contributed by atoms with Crippen molar-refractivity contribution in [2.75, 3.05) is 12.4 Å². The maximum atomic E-state index is 11.8. The Balaban J connectivity index is 1.44. The molecular formula is C26H21N3O2S. The zero-order chi connectivity index (χ0) is 21.7. The van der Waals surface area contributed by atoms with Gasteiger partial charge in [-0.05, 0) is 36.1 Å². The first-order chi connectivity index (χ1) is 15.7. The van der Waals surface area contributed by atoms with Crippen molar-refractivity contribution in [3.05, 3.63) is 82.2 Å². The zero-order valence-corrected chi connectivity index (χ0v) is 18.4. The van der Waals surface area contributed by atoms with Gasteiger partial charge in [0.15, 0.2) is 5.82 Å². The van der Waals surface area contributed by atoms with Crippen LogP contribution in [0.2, 0.25) is 0 Å². The maximum Gasteiger partial charge on any atom is 0.337 e. The SMILES string of the molecule is COC(=O)c1ccc(-c2nc(NCc3ccccc3)c3c4c(sc3n2)C2CCC=C42)cc1. The summed E-state index contributed by atoms with van der Waals surface area (Å²) in [6, 6.07) is 17.6. The number of methoxy groups -OCH3 is 1. The van der Waals surface area contributed by atoms with E-state index in [1.54, 1.807) is 23.5 Å². The minimum Gasteiger partial charge on any atom is -0.465 e. The third-order valence-corrected chi connectivity index (χ3v) is 7.44. The zero-order valence-electron chi connectivity index (χ0n) is 17.6. The first kappa shape index (κ1) is 19.2. The highest BCUT2D eigenvalue weighted by molar-refractivity contribution is 7.19. The molecule has 0 saturated carbocycles. The Labute approximate surface area is 189 Å². The lowest BCUT2D eigenvalue weighted by molar-refractivity contribution is 0.0601. The molecule has 0 saturated heterocycles. The van der Waals surface area contributed by atoms with Gasteiger partial charge >= 0.3 is 5.97 Å². The molecule has 2 aliphatic rings. The number of esters is 1. The Bertz CT molecular complexity index is 1370. The number of allylic oxidation sites excluding steroid dienone is 2. The molecule has 6 rings (SSSR count). The Hall–Kier alpha value is -3.51. The number of hydrogen-bond acceptors (Lipinski definition) is 6. The van der Waals surface area contributed by atoms with Gasteiger partial charge in [0, 0.05) is 28.5 Å². The van der Waals surface area contributed by atoms with Gasteiger partial charge in [0.05, 0.1) is 18.1 Å². The normalized spacial score (nSPS) is 16.2. The van der Waals surface area contributed by atoms with Crippen LogP contribution in [0.25, 0.3) is 27.2 Å². The largest absolute Gasteiger partial charge is 0.465 e. The third kappa shape index (κ3) is 3.02. The van der Waals surface area contributed by atoms with Gasteiger partial charge in [0.2, 0.25) is 0 Å². The van der Waals surface area contributed by atoms with Crippen molar-refractivity contribution < 1.29 is 9.53 Å². The molecule has 0 spiro atoms. The van der Waals surface area contributed by atoms with Crippen molar-refractivity contribution in [1.29, 1.82) is 0 Å². The van der Waals surface area contributed by atoms with E-state index in [-0.39, 0.29) is 5.97 Å². The van der Waals surface area contributed by atoms with E-state index in [4.69, 9.17) is 14.7 Å². The molecule has 0 radical (unpaired) electrons. The topological polar surface area (TPSA) is 64.1 Å². The van der Waals surface area contributed by atoms with E-state index in [1.165, 1.54) is 35.1 Å². The van der Waals surface area contributed by atoms with Crippen molar-refractivity contribution in [3.8, 4) is 11.4 Å². The minimum absolute atomic E-state index is 0.351. The second-order valence-electron chi connectivity index (χ2n) is 8.11. The number of aromatic nitrogens is 2. The van der Waals surface area contributed by atoms with Crippen molar-refractivity contribution in [1.82, 2.24) is 9.97 Å². The van der Waals surface area contributed by atoms with E-state index in [9.17, 15) is 4.79 Å². The average molecular weight is 440 g/mol. The van der Waals surface area contributed by atoms with Crippen LogP contribution in [-0.4, -0.2) is 23.0 Å². The summed E-state index contributed by atoms with van der Waals surface area (Å²) >= 11 is 1.79. The van der Waals surface area contributed by atoms with Crippen molar-refractivity contribution in [2.24, 2.45) is 0 Å². The molecule has 2 aromatic heterocycles. The van der Waals surface area contributed by atoms with E-state index in [2.05, 4.69) is 23.5 Å². The Morgan fingerprint density at radius 2 is 1.94 bits per heavy atom. The molecular weight excluding hydrogens is 418 g/mol. The Kier molecular flexibility index (Phi) is 4.54. The molecule has 1 atom stereocenters. The van der Waals surface area contributed by atoms with Gasteiger partial charge in [-0.1, -0.05) is 48.5 Å². The van der Waals surface area contributed by atoms with Crippen LogP contribution in [-0.2, 0) is 11.3 Å². The molecule has 2 aromatic carbocycles. The van der Waals surface area contributed by atoms with Gasteiger partial charge in [-0.25, -0.2) is 14.8 Å². The third-order valence-electron chi connectivity index (χ3n) is 6.25. The smallest absolute Gasteiger partial charge is 0.337 e. The summed E-state index contributed by atoms with van der Waals surface area (Å²) in [5, 5.41) is 4.71. The van der Waals surface area contributed by atoms with Gasteiger partial charge < -0.3 is 10.1 Å². The summed E-state index contributed by atoms with van der Waals surface area (Å²) in [6.45, 7) is 0.695. The predicted molar refractivity (Wildman–Crippen MR) is 128 cm³/mol. The molecule has 0 fully saturated rings. The molecule has 158 valence electrons. The van der Waals surface area contributed by atoms with Crippen LogP contribution in [0.3, 0.4) is 0 Å². The number of ether oxygens (including phenoxy) is 1. The molecule has 4 aromatic rings. The van der Waals surface area contributed by atoms with Crippen LogP contribution < -0.4 is 5.32 Å². The van der Waals surface area contributed by atoms with Gasteiger partial charge in [-0.3, -0.25) is 0 Å². The van der Waals surface area contributed by atoms with Gasteiger partial charge in [0.1, 0.15) is 10.6 Å². The summed E-state index contributed by atoms with van der Waals surface area (Å²) in [6.07, 6.45) is 4.73. The highest BCUT2D eigenvalue weighted by atomic mass is 32.1. The number of thiophene rings is 1. The molecule has 0 bridgehead atoms. The Morgan fingerprint density at radius 1 is 1.12 bits per heavy atom. The van der Waals surface area contributed by atoms with Gasteiger partial charge in [-0.15, -0.1) is 11.3 Å².